The SMILES string of the molecule is COc1ccc(C(=O)N(C2CCC(CCO)CC2)C2CC2)cc1. The molecule has 2 fully saturated rings. The lowest BCUT2D eigenvalue weighted by atomic mass is 9.83. The number of hydrogen-bond acceptors (Lipinski definition) is 3. The zero-order valence-electron chi connectivity index (χ0n) is 13.9. The lowest BCUT2D eigenvalue weighted by molar-refractivity contribution is 0.0578. The first kappa shape index (κ1) is 16.3. The molecule has 0 aliphatic heterocycles. The third kappa shape index (κ3) is 3.86. The Kier molecular flexibility index (Phi) is 5.21. The first-order valence-corrected chi connectivity index (χ1v) is 8.80. The molecular formula is C19H27NO3. The van der Waals surface area contributed by atoms with Gasteiger partial charge in [0, 0.05) is 24.3 Å². The van der Waals surface area contributed by atoms with E-state index in [1.165, 1.54) is 0 Å². The molecule has 3 rings (SSSR count). The number of nitrogens with zero attached hydrogens (tertiary/aromatic N) is 1. The van der Waals surface area contributed by atoms with Gasteiger partial charge in [-0.2, -0.15) is 0 Å². The fourth-order valence-electron chi connectivity index (χ4n) is 3.76. The Morgan fingerprint density at radius 3 is 2.13 bits per heavy atom. The molecule has 2 aliphatic rings. The van der Waals surface area contributed by atoms with Gasteiger partial charge in [-0.3, -0.25) is 4.79 Å². The number of carbonyl (C=O) groups excluding carboxylic acids is 1. The topological polar surface area (TPSA) is 49.8 Å². The van der Waals surface area contributed by atoms with E-state index in [0.29, 0.717) is 18.0 Å². The monoisotopic (exact) mass is 317 g/mol. The van der Waals surface area contributed by atoms with Gasteiger partial charge in [-0.1, -0.05) is 0 Å². The van der Waals surface area contributed by atoms with Crippen LogP contribution in [0, 0.1) is 5.92 Å². The number of amides is 1. The highest BCUT2D eigenvalue weighted by molar-refractivity contribution is 5.95. The summed E-state index contributed by atoms with van der Waals surface area (Å²) in [5, 5.41) is 9.10. The van der Waals surface area contributed by atoms with Gasteiger partial charge in [0.05, 0.1) is 7.11 Å². The van der Waals surface area contributed by atoms with Crippen molar-refractivity contribution in [2.24, 2.45) is 5.92 Å². The largest absolute Gasteiger partial charge is 0.497 e. The van der Waals surface area contributed by atoms with Gasteiger partial charge in [0.25, 0.3) is 5.91 Å². The van der Waals surface area contributed by atoms with Crippen molar-refractivity contribution in [3.63, 3.8) is 0 Å². The number of rotatable bonds is 6. The molecule has 0 atom stereocenters. The number of benzene rings is 1. The normalized spacial score (nSPS) is 24.3. The van der Waals surface area contributed by atoms with E-state index in [0.717, 1.165) is 56.3 Å². The number of aliphatic hydroxyl groups is 1. The maximum absolute atomic E-state index is 13.0. The number of methoxy groups -OCH3 is 1. The summed E-state index contributed by atoms with van der Waals surface area (Å²) in [4.78, 5) is 15.1. The quantitative estimate of drug-likeness (QED) is 0.876. The first-order chi connectivity index (χ1) is 11.2. The van der Waals surface area contributed by atoms with E-state index in [2.05, 4.69) is 4.90 Å². The van der Waals surface area contributed by atoms with Crippen LogP contribution in [-0.4, -0.2) is 41.7 Å². The van der Waals surface area contributed by atoms with Crippen LogP contribution in [0.4, 0.5) is 0 Å². The second-order valence-corrected chi connectivity index (χ2v) is 6.86. The summed E-state index contributed by atoms with van der Waals surface area (Å²) in [6, 6.07) is 8.26. The first-order valence-electron chi connectivity index (χ1n) is 8.80. The second kappa shape index (κ2) is 7.35. The minimum absolute atomic E-state index is 0.167. The third-order valence-electron chi connectivity index (χ3n) is 5.26. The molecule has 1 aromatic carbocycles. The standard InChI is InChI=1S/C19H27NO3/c1-23-18-10-4-15(5-11-18)19(22)20(17-8-9-17)16-6-2-14(3-7-16)12-13-21/h4-5,10-11,14,16-17,21H,2-3,6-9,12-13H2,1H3. The lowest BCUT2D eigenvalue weighted by Gasteiger charge is -2.37. The van der Waals surface area contributed by atoms with Gasteiger partial charge in [0.15, 0.2) is 0 Å². The third-order valence-corrected chi connectivity index (χ3v) is 5.26. The van der Waals surface area contributed by atoms with Crippen LogP contribution in [0.1, 0.15) is 55.3 Å². The highest BCUT2D eigenvalue weighted by atomic mass is 16.5. The smallest absolute Gasteiger partial charge is 0.254 e. The fourth-order valence-corrected chi connectivity index (χ4v) is 3.76. The van der Waals surface area contributed by atoms with Crippen LogP contribution in [-0.2, 0) is 0 Å². The number of aliphatic hydroxyl groups excluding tert-OH is 1. The molecule has 0 bridgehead atoms. The second-order valence-electron chi connectivity index (χ2n) is 6.86. The zero-order chi connectivity index (χ0) is 16.2. The number of hydrogen-bond donors (Lipinski definition) is 1. The van der Waals surface area contributed by atoms with Crippen molar-refractivity contribution in [2.75, 3.05) is 13.7 Å². The maximum atomic E-state index is 13.0. The van der Waals surface area contributed by atoms with Crippen LogP contribution in [0.5, 0.6) is 5.75 Å². The van der Waals surface area contributed by atoms with Gasteiger partial charge in [0.2, 0.25) is 0 Å². The summed E-state index contributed by atoms with van der Waals surface area (Å²) in [5.41, 5.74) is 0.759. The van der Waals surface area contributed by atoms with Crippen molar-refractivity contribution >= 4 is 5.91 Å². The van der Waals surface area contributed by atoms with Gasteiger partial charge >= 0.3 is 0 Å². The molecule has 0 saturated heterocycles. The highest BCUT2D eigenvalue weighted by Gasteiger charge is 2.39. The van der Waals surface area contributed by atoms with Crippen molar-refractivity contribution in [1.29, 1.82) is 0 Å². The van der Waals surface area contributed by atoms with Crippen LogP contribution in [0.3, 0.4) is 0 Å². The highest BCUT2D eigenvalue weighted by Crippen LogP contribution is 2.37. The van der Waals surface area contributed by atoms with E-state index in [1.807, 2.05) is 24.3 Å². The molecule has 0 radical (unpaired) electrons. The van der Waals surface area contributed by atoms with E-state index in [-0.39, 0.29) is 12.5 Å². The van der Waals surface area contributed by atoms with Crippen LogP contribution < -0.4 is 4.74 Å². The van der Waals surface area contributed by atoms with Crippen LogP contribution >= 0.6 is 0 Å². The van der Waals surface area contributed by atoms with E-state index in [4.69, 9.17) is 9.84 Å². The van der Waals surface area contributed by atoms with E-state index < -0.39 is 0 Å². The molecular weight excluding hydrogens is 290 g/mol. The predicted octanol–water partition coefficient (Wildman–Crippen LogP) is 3.24. The van der Waals surface area contributed by atoms with E-state index in [9.17, 15) is 4.79 Å². The van der Waals surface area contributed by atoms with E-state index in [1.54, 1.807) is 7.11 Å². The van der Waals surface area contributed by atoms with Crippen molar-refractivity contribution in [1.82, 2.24) is 4.90 Å². The van der Waals surface area contributed by atoms with Gasteiger partial charge in [-0.25, -0.2) is 0 Å². The van der Waals surface area contributed by atoms with Crippen molar-refractivity contribution in [3.8, 4) is 5.75 Å². The van der Waals surface area contributed by atoms with Crippen LogP contribution in [0.2, 0.25) is 0 Å². The minimum atomic E-state index is 0.167. The average Bonchev–Trinajstić information content (AvgIpc) is 3.42. The van der Waals surface area contributed by atoms with Crippen molar-refractivity contribution in [2.45, 2.75) is 57.0 Å². The van der Waals surface area contributed by atoms with Crippen LogP contribution in [0.15, 0.2) is 24.3 Å². The van der Waals surface area contributed by atoms with Crippen molar-refractivity contribution < 1.29 is 14.6 Å². The minimum Gasteiger partial charge on any atom is -0.497 e. The Hall–Kier alpha value is -1.55. The summed E-state index contributed by atoms with van der Waals surface area (Å²) in [6.07, 6.45) is 7.58. The Labute approximate surface area is 138 Å². The predicted molar refractivity (Wildman–Crippen MR) is 89.6 cm³/mol. The Balaban J connectivity index is 1.67. The maximum Gasteiger partial charge on any atom is 0.254 e. The van der Waals surface area contributed by atoms with Gasteiger partial charge in [-0.15, -0.1) is 0 Å². The molecule has 2 saturated carbocycles. The number of carbonyl (C=O) groups is 1. The molecule has 0 unspecified atom stereocenters. The zero-order valence-corrected chi connectivity index (χ0v) is 13.9. The molecule has 4 heteroatoms. The molecule has 4 nitrogen and oxygen atoms in total. The Bertz CT molecular complexity index is 516. The molecule has 2 aliphatic carbocycles. The lowest BCUT2D eigenvalue weighted by Crippen LogP contribution is -2.44. The molecule has 0 aromatic heterocycles. The summed E-state index contributed by atoms with van der Waals surface area (Å²) in [6.45, 7) is 0.284. The molecule has 1 N–H and O–H groups in total. The average molecular weight is 317 g/mol. The fraction of sp³-hybridized carbons (Fsp3) is 0.632. The molecule has 23 heavy (non-hydrogen) atoms. The van der Waals surface area contributed by atoms with Crippen LogP contribution in [0.25, 0.3) is 0 Å². The van der Waals surface area contributed by atoms with Crippen molar-refractivity contribution in [3.05, 3.63) is 29.8 Å². The molecule has 1 amide bonds. The summed E-state index contributed by atoms with van der Waals surface area (Å²) in [7, 11) is 1.64. The molecule has 0 spiro atoms. The van der Waals surface area contributed by atoms with E-state index >= 15 is 0 Å². The molecule has 0 heterocycles. The van der Waals surface area contributed by atoms with Gasteiger partial charge in [0.1, 0.15) is 5.75 Å². The Morgan fingerprint density at radius 1 is 1.09 bits per heavy atom. The number of ether oxygens (including phenoxy) is 1. The Morgan fingerprint density at radius 2 is 1.65 bits per heavy atom. The molecule has 1 aromatic rings. The van der Waals surface area contributed by atoms with Gasteiger partial charge < -0.3 is 14.7 Å². The molecule has 126 valence electrons. The summed E-state index contributed by atoms with van der Waals surface area (Å²) >= 11 is 0. The van der Waals surface area contributed by atoms with Gasteiger partial charge in [-0.05, 0) is 75.1 Å². The summed E-state index contributed by atoms with van der Waals surface area (Å²) in [5.74, 6) is 1.58. The summed E-state index contributed by atoms with van der Waals surface area (Å²) < 4.78 is 5.17.